The number of amides is 2. The highest BCUT2D eigenvalue weighted by molar-refractivity contribution is 5.96. The van der Waals surface area contributed by atoms with Crippen LogP contribution in [0.15, 0.2) is 24.3 Å². The Hall–Kier alpha value is -2.09. The second-order valence-corrected chi connectivity index (χ2v) is 5.39. The number of nitrogens with zero attached hydrogens (tertiary/aromatic N) is 2. The molecule has 0 bridgehead atoms. The Morgan fingerprint density at radius 2 is 1.70 bits per heavy atom. The van der Waals surface area contributed by atoms with Crippen molar-refractivity contribution in [2.45, 2.75) is 12.6 Å². The summed E-state index contributed by atoms with van der Waals surface area (Å²) in [6.45, 7) is 2.16. The molecule has 1 aromatic carbocycles. The molecule has 2 N–H and O–H groups in total. The number of rotatable bonds is 4. The minimum absolute atomic E-state index is 0.227. The number of benzene rings is 1. The van der Waals surface area contributed by atoms with Gasteiger partial charge in [-0.2, -0.15) is 13.2 Å². The van der Waals surface area contributed by atoms with Crippen molar-refractivity contribution in [1.82, 2.24) is 9.80 Å². The van der Waals surface area contributed by atoms with Crippen LogP contribution in [0.4, 0.5) is 13.2 Å². The topological polar surface area (TPSA) is 66.6 Å². The Morgan fingerprint density at radius 1 is 1.09 bits per heavy atom. The highest BCUT2D eigenvalue weighted by Crippen LogP contribution is 2.32. The molecule has 1 saturated heterocycles. The average Bonchev–Trinajstić information content (AvgIpc) is 2.52. The van der Waals surface area contributed by atoms with Gasteiger partial charge in [0.2, 0.25) is 5.91 Å². The second-order valence-electron chi connectivity index (χ2n) is 5.39. The fourth-order valence-corrected chi connectivity index (χ4v) is 2.53. The molecule has 0 saturated carbocycles. The molecule has 0 unspecified atom stereocenters. The maximum atomic E-state index is 13.0. The third kappa shape index (κ3) is 4.44. The van der Waals surface area contributed by atoms with Crippen molar-refractivity contribution in [2.75, 3.05) is 32.7 Å². The number of carbonyl (C=O) groups excluding carboxylic acids is 2. The number of primary amides is 1. The minimum Gasteiger partial charge on any atom is -0.370 e. The molecule has 1 aromatic rings. The number of halogens is 3. The van der Waals surface area contributed by atoms with Gasteiger partial charge in [0.25, 0.3) is 5.91 Å². The van der Waals surface area contributed by atoms with E-state index in [1.165, 1.54) is 23.1 Å². The van der Waals surface area contributed by atoms with Gasteiger partial charge in [-0.25, -0.2) is 0 Å². The fourth-order valence-electron chi connectivity index (χ4n) is 2.53. The van der Waals surface area contributed by atoms with Crippen LogP contribution in [0.25, 0.3) is 0 Å². The number of nitrogens with two attached hydrogens (primary N) is 1. The number of piperazine rings is 1. The molecule has 8 heteroatoms. The Morgan fingerprint density at radius 3 is 2.26 bits per heavy atom. The standard InChI is InChI=1S/C15H18F3N3O2/c16-15(17,18)12-4-2-1-3-11(12)14(23)21-9-7-20(8-10-21)6-5-13(19)22/h1-4H,5-10H2,(H2,19,22). The average molecular weight is 329 g/mol. The monoisotopic (exact) mass is 329 g/mol. The molecule has 1 aliphatic rings. The number of hydrogen-bond donors (Lipinski definition) is 1. The third-order valence-electron chi connectivity index (χ3n) is 3.80. The predicted molar refractivity (Wildman–Crippen MR) is 77.6 cm³/mol. The van der Waals surface area contributed by atoms with E-state index in [2.05, 4.69) is 0 Å². The van der Waals surface area contributed by atoms with Crippen LogP contribution in [0, 0.1) is 0 Å². The van der Waals surface area contributed by atoms with Crippen molar-refractivity contribution >= 4 is 11.8 Å². The van der Waals surface area contributed by atoms with Crippen molar-refractivity contribution in [3.8, 4) is 0 Å². The molecule has 2 amide bonds. The Balaban J connectivity index is 2.02. The first-order valence-corrected chi connectivity index (χ1v) is 7.25. The van der Waals surface area contributed by atoms with Gasteiger partial charge in [0.15, 0.2) is 0 Å². The van der Waals surface area contributed by atoms with E-state index in [9.17, 15) is 22.8 Å². The van der Waals surface area contributed by atoms with E-state index < -0.39 is 23.6 Å². The largest absolute Gasteiger partial charge is 0.417 e. The maximum absolute atomic E-state index is 13.0. The highest BCUT2D eigenvalue weighted by atomic mass is 19.4. The Bertz CT molecular complexity index is 582. The SMILES string of the molecule is NC(=O)CCN1CCN(C(=O)c2ccccc2C(F)(F)F)CC1. The molecule has 0 aliphatic carbocycles. The van der Waals surface area contributed by atoms with E-state index in [1.54, 1.807) is 0 Å². The zero-order chi connectivity index (χ0) is 17.0. The first kappa shape index (κ1) is 17.3. The first-order chi connectivity index (χ1) is 10.8. The van der Waals surface area contributed by atoms with E-state index in [4.69, 9.17) is 5.73 Å². The van der Waals surface area contributed by atoms with Gasteiger partial charge in [-0.05, 0) is 12.1 Å². The lowest BCUT2D eigenvalue weighted by atomic mass is 10.1. The van der Waals surface area contributed by atoms with Crippen LogP contribution >= 0.6 is 0 Å². The fraction of sp³-hybridized carbons (Fsp3) is 0.467. The maximum Gasteiger partial charge on any atom is 0.417 e. The molecular formula is C15H18F3N3O2. The molecule has 1 fully saturated rings. The number of carbonyl (C=O) groups is 2. The molecule has 0 spiro atoms. The van der Waals surface area contributed by atoms with Crippen LogP contribution < -0.4 is 5.73 Å². The molecule has 0 aromatic heterocycles. The number of hydrogen-bond acceptors (Lipinski definition) is 3. The summed E-state index contributed by atoms with van der Waals surface area (Å²) in [5.41, 5.74) is 3.84. The smallest absolute Gasteiger partial charge is 0.370 e. The molecule has 5 nitrogen and oxygen atoms in total. The van der Waals surface area contributed by atoms with Crippen molar-refractivity contribution in [1.29, 1.82) is 0 Å². The van der Waals surface area contributed by atoms with Gasteiger partial charge in [0, 0.05) is 39.1 Å². The molecule has 126 valence electrons. The van der Waals surface area contributed by atoms with Gasteiger partial charge >= 0.3 is 6.18 Å². The van der Waals surface area contributed by atoms with Gasteiger partial charge in [-0.1, -0.05) is 12.1 Å². The molecule has 23 heavy (non-hydrogen) atoms. The summed E-state index contributed by atoms with van der Waals surface area (Å²) < 4.78 is 39.0. The molecular weight excluding hydrogens is 311 g/mol. The lowest BCUT2D eigenvalue weighted by Crippen LogP contribution is -2.49. The summed E-state index contributed by atoms with van der Waals surface area (Å²) in [6, 6.07) is 4.80. The predicted octanol–water partition coefficient (Wildman–Crippen LogP) is 1.34. The van der Waals surface area contributed by atoms with Crippen LogP contribution in [0.2, 0.25) is 0 Å². The van der Waals surface area contributed by atoms with Crippen molar-refractivity contribution in [2.24, 2.45) is 5.73 Å². The van der Waals surface area contributed by atoms with Gasteiger partial charge in [0.05, 0.1) is 11.1 Å². The lowest BCUT2D eigenvalue weighted by molar-refractivity contribution is -0.138. The molecule has 0 atom stereocenters. The van der Waals surface area contributed by atoms with E-state index in [0.29, 0.717) is 32.7 Å². The number of alkyl halides is 3. The van der Waals surface area contributed by atoms with Crippen LogP contribution in [0.3, 0.4) is 0 Å². The summed E-state index contributed by atoms with van der Waals surface area (Å²) in [5.74, 6) is -1.02. The molecule has 0 radical (unpaired) electrons. The van der Waals surface area contributed by atoms with E-state index in [0.717, 1.165) is 6.07 Å². The minimum atomic E-state index is -4.56. The van der Waals surface area contributed by atoms with Gasteiger partial charge in [-0.3, -0.25) is 14.5 Å². The van der Waals surface area contributed by atoms with Crippen molar-refractivity contribution < 1.29 is 22.8 Å². The van der Waals surface area contributed by atoms with Crippen LogP contribution in [-0.2, 0) is 11.0 Å². The van der Waals surface area contributed by atoms with E-state index >= 15 is 0 Å². The zero-order valence-electron chi connectivity index (χ0n) is 12.5. The quantitative estimate of drug-likeness (QED) is 0.906. The van der Waals surface area contributed by atoms with Gasteiger partial charge in [0.1, 0.15) is 0 Å². The molecule has 1 aliphatic heterocycles. The Kier molecular flexibility index (Phi) is 5.25. The summed E-state index contributed by atoms with van der Waals surface area (Å²) >= 11 is 0. The lowest BCUT2D eigenvalue weighted by Gasteiger charge is -2.35. The summed E-state index contributed by atoms with van der Waals surface area (Å²) in [6.07, 6.45) is -4.33. The van der Waals surface area contributed by atoms with Gasteiger partial charge < -0.3 is 10.6 Å². The summed E-state index contributed by atoms with van der Waals surface area (Å²) in [4.78, 5) is 26.5. The van der Waals surface area contributed by atoms with Crippen LogP contribution in [0.5, 0.6) is 0 Å². The summed E-state index contributed by atoms with van der Waals surface area (Å²) in [7, 11) is 0. The normalized spacial score (nSPS) is 16.4. The van der Waals surface area contributed by atoms with Gasteiger partial charge in [-0.15, -0.1) is 0 Å². The highest BCUT2D eigenvalue weighted by Gasteiger charge is 2.36. The van der Waals surface area contributed by atoms with E-state index in [1.807, 2.05) is 4.90 Å². The van der Waals surface area contributed by atoms with Crippen molar-refractivity contribution in [3.05, 3.63) is 35.4 Å². The zero-order valence-corrected chi connectivity index (χ0v) is 12.5. The van der Waals surface area contributed by atoms with Crippen LogP contribution in [0.1, 0.15) is 22.3 Å². The first-order valence-electron chi connectivity index (χ1n) is 7.25. The third-order valence-corrected chi connectivity index (χ3v) is 3.80. The van der Waals surface area contributed by atoms with Crippen molar-refractivity contribution in [3.63, 3.8) is 0 Å². The second kappa shape index (κ2) is 6.99. The van der Waals surface area contributed by atoms with Crippen LogP contribution in [-0.4, -0.2) is 54.3 Å². The van der Waals surface area contributed by atoms with E-state index in [-0.39, 0.29) is 12.0 Å². The molecule has 2 rings (SSSR count). The molecule has 1 heterocycles. The summed E-state index contributed by atoms with van der Waals surface area (Å²) in [5, 5.41) is 0. The Labute approximate surface area is 131 Å².